The highest BCUT2D eigenvalue weighted by molar-refractivity contribution is 7.91. The topological polar surface area (TPSA) is 301 Å². The van der Waals surface area contributed by atoms with E-state index in [2.05, 4.69) is 26.1 Å². The molecular formula is C44H54N14O9S. The third kappa shape index (κ3) is 10.00. The molecule has 360 valence electrons. The normalized spacial score (nSPS) is 15.6. The number of aromatic nitrogens is 8. The number of carbonyl (C=O) groups excluding carboxylic acids is 5. The molecule has 0 spiro atoms. The zero-order valence-electron chi connectivity index (χ0n) is 38.2. The van der Waals surface area contributed by atoms with E-state index in [9.17, 15) is 32.4 Å². The number of nitrogens with two attached hydrogens (primary N) is 2. The fraction of sp³-hybridized carbons (Fsp3) is 0.432. The quantitative estimate of drug-likeness (QED) is 0.0728. The molecule has 0 saturated carbocycles. The van der Waals surface area contributed by atoms with Crippen molar-refractivity contribution in [3.05, 3.63) is 70.3 Å². The average Bonchev–Trinajstić information content (AvgIpc) is 4.07. The molecule has 1 fully saturated rings. The smallest absolute Gasteiger partial charge is 0.276 e. The van der Waals surface area contributed by atoms with E-state index < -0.39 is 33.5 Å². The first-order chi connectivity index (χ1) is 32.5. The molecule has 4 aromatic heterocycles. The summed E-state index contributed by atoms with van der Waals surface area (Å²) in [5.41, 5.74) is 15.6. The van der Waals surface area contributed by atoms with Crippen LogP contribution in [-0.4, -0.2) is 132 Å². The van der Waals surface area contributed by atoms with E-state index in [1.165, 1.54) is 6.07 Å². The first kappa shape index (κ1) is 47.2. The minimum atomic E-state index is -3.07. The molecule has 2 aromatic carbocycles. The van der Waals surface area contributed by atoms with Gasteiger partial charge in [-0.2, -0.15) is 10.2 Å². The highest BCUT2D eigenvalue weighted by atomic mass is 32.2. The first-order valence-electron chi connectivity index (χ1n) is 22.4. The van der Waals surface area contributed by atoms with Crippen LogP contribution in [0.5, 0.6) is 11.5 Å². The Kier molecular flexibility index (Phi) is 13.5. The Hall–Kier alpha value is -7.34. The van der Waals surface area contributed by atoms with Crippen molar-refractivity contribution in [3.8, 4) is 11.5 Å². The molecule has 8 rings (SSSR count). The van der Waals surface area contributed by atoms with Gasteiger partial charge in [-0.3, -0.25) is 48.9 Å². The van der Waals surface area contributed by atoms with Crippen LogP contribution in [0.25, 0.3) is 22.1 Å². The number of carbonyl (C=O) groups is 5. The number of imidazole rings is 2. The molecule has 7 N–H and O–H groups in total. The Morgan fingerprint density at radius 3 is 2.09 bits per heavy atom. The molecule has 23 nitrogen and oxygen atoms in total. The molecule has 0 aliphatic carbocycles. The molecule has 5 amide bonds. The standard InChI is InChI=1S/C44H54N14O9S/c1-5-56-32(17-25(3)52-56)41(62)50-43-49-37-31(20-28(40(46)61)21-34(37)66-14-8-10-47-36(59)23-54-12-15-68(64,65)16-13-54)55(43)11-7-9-29-24-67-35-22-27(39(45)60)19-30-38(35)58(29)44(48-30)51-42(63)33-18-26(4)53-57(33)6-2/h17-22,29H,5-16,23-24H2,1-4H3,(H2,45,60)(H2,46,61)(H,47,59)(H,48,51,63)(H,49,50,62)/t29-/m0/s1. The van der Waals surface area contributed by atoms with Gasteiger partial charge in [0.15, 0.2) is 9.84 Å². The van der Waals surface area contributed by atoms with Crippen LogP contribution in [0, 0.1) is 13.8 Å². The van der Waals surface area contributed by atoms with Gasteiger partial charge >= 0.3 is 0 Å². The summed E-state index contributed by atoms with van der Waals surface area (Å²) in [5.74, 6) is -1.45. The number of nitrogens with one attached hydrogen (secondary N) is 3. The lowest BCUT2D eigenvalue weighted by Crippen LogP contribution is -2.45. The fourth-order valence-electron chi connectivity index (χ4n) is 8.53. The van der Waals surface area contributed by atoms with E-state index in [-0.39, 0.29) is 85.1 Å². The van der Waals surface area contributed by atoms with E-state index in [1.807, 2.05) is 18.4 Å². The van der Waals surface area contributed by atoms with Crippen molar-refractivity contribution in [1.29, 1.82) is 0 Å². The summed E-state index contributed by atoms with van der Waals surface area (Å²) in [6.45, 7) is 9.73. The molecule has 6 heterocycles. The van der Waals surface area contributed by atoms with Gasteiger partial charge in [-0.05, 0) is 83.4 Å². The third-order valence-electron chi connectivity index (χ3n) is 11.9. The van der Waals surface area contributed by atoms with Crippen LogP contribution in [0.2, 0.25) is 0 Å². The molecule has 0 radical (unpaired) electrons. The third-order valence-corrected chi connectivity index (χ3v) is 13.5. The lowest BCUT2D eigenvalue weighted by atomic mass is 10.1. The number of rotatable bonds is 19. The minimum absolute atomic E-state index is 0.0212. The Morgan fingerprint density at radius 1 is 0.824 bits per heavy atom. The number of sulfone groups is 1. The van der Waals surface area contributed by atoms with Gasteiger partial charge in [0.1, 0.15) is 40.5 Å². The molecule has 1 atom stereocenters. The molecule has 0 bridgehead atoms. The summed E-state index contributed by atoms with van der Waals surface area (Å²) in [7, 11) is -3.07. The van der Waals surface area contributed by atoms with Crippen LogP contribution in [-0.2, 0) is 34.3 Å². The predicted molar refractivity (Wildman–Crippen MR) is 250 cm³/mol. The maximum absolute atomic E-state index is 13.9. The van der Waals surface area contributed by atoms with E-state index in [0.29, 0.717) is 96.0 Å². The summed E-state index contributed by atoms with van der Waals surface area (Å²) in [4.78, 5) is 76.7. The highest BCUT2D eigenvalue weighted by Gasteiger charge is 2.31. The van der Waals surface area contributed by atoms with Crippen molar-refractivity contribution >= 4 is 73.3 Å². The maximum atomic E-state index is 13.9. The summed E-state index contributed by atoms with van der Waals surface area (Å²) in [5, 5.41) is 17.6. The van der Waals surface area contributed by atoms with Gasteiger partial charge in [0.05, 0.1) is 53.1 Å². The zero-order chi connectivity index (χ0) is 48.4. The number of hydrogen-bond acceptors (Lipinski definition) is 14. The number of primary amides is 2. The Labute approximate surface area is 390 Å². The van der Waals surface area contributed by atoms with Crippen molar-refractivity contribution < 1.29 is 41.9 Å². The zero-order valence-corrected chi connectivity index (χ0v) is 39.0. The number of benzene rings is 2. The van der Waals surface area contributed by atoms with Crippen molar-refractivity contribution in [2.45, 2.75) is 72.6 Å². The molecular weight excluding hydrogens is 901 g/mol. The number of ether oxygens (including phenoxy) is 2. The van der Waals surface area contributed by atoms with Crippen molar-refractivity contribution in [3.63, 3.8) is 0 Å². The Bertz CT molecular complexity index is 3060. The Morgan fingerprint density at radius 2 is 1.46 bits per heavy atom. The second-order valence-corrected chi connectivity index (χ2v) is 19.1. The van der Waals surface area contributed by atoms with Crippen LogP contribution in [0.3, 0.4) is 0 Å². The molecule has 6 aromatic rings. The highest BCUT2D eigenvalue weighted by Crippen LogP contribution is 2.39. The SMILES string of the molecule is CCn1nc(C)cc1C(=O)Nc1nc2c(OCCCNC(=O)CN3CCS(=O)(=O)CC3)cc(C(N)=O)cc2n1CCC[C@H]1COc2cc(C(N)=O)cc3nc(NC(=O)c4cc(C)nn4CC)n1c23. The van der Waals surface area contributed by atoms with E-state index in [4.69, 9.17) is 30.9 Å². The molecule has 2 aliphatic rings. The number of anilines is 2. The summed E-state index contributed by atoms with van der Waals surface area (Å²) in [6, 6.07) is 9.17. The summed E-state index contributed by atoms with van der Waals surface area (Å²) in [6.07, 6.45) is 1.28. The van der Waals surface area contributed by atoms with Crippen molar-refractivity contribution in [2.24, 2.45) is 11.5 Å². The first-order valence-corrected chi connectivity index (χ1v) is 24.2. The van der Waals surface area contributed by atoms with Crippen molar-refractivity contribution in [2.75, 3.05) is 61.5 Å². The Balaban J connectivity index is 1.06. The van der Waals surface area contributed by atoms with Crippen LogP contribution >= 0.6 is 0 Å². The number of hydrogen-bond donors (Lipinski definition) is 5. The summed E-state index contributed by atoms with van der Waals surface area (Å²) < 4.78 is 42.8. The molecule has 1 saturated heterocycles. The number of nitrogens with zero attached hydrogens (tertiary/aromatic N) is 9. The molecule has 0 unspecified atom stereocenters. The molecule has 24 heteroatoms. The van der Waals surface area contributed by atoms with Gasteiger partial charge in [0.25, 0.3) is 11.8 Å². The summed E-state index contributed by atoms with van der Waals surface area (Å²) >= 11 is 0. The van der Waals surface area contributed by atoms with Crippen LogP contribution in [0.15, 0.2) is 36.4 Å². The number of aryl methyl sites for hydroxylation is 5. The monoisotopic (exact) mass is 954 g/mol. The number of amides is 5. The van der Waals surface area contributed by atoms with Gasteiger partial charge in [-0.15, -0.1) is 0 Å². The average molecular weight is 955 g/mol. The van der Waals surface area contributed by atoms with Crippen LogP contribution in [0.1, 0.15) is 92.2 Å². The van der Waals surface area contributed by atoms with E-state index in [1.54, 1.807) is 63.0 Å². The lowest BCUT2D eigenvalue weighted by Gasteiger charge is -2.27. The second-order valence-electron chi connectivity index (χ2n) is 16.8. The van der Waals surface area contributed by atoms with Crippen molar-refractivity contribution in [1.82, 2.24) is 48.9 Å². The predicted octanol–water partition coefficient (Wildman–Crippen LogP) is 2.17. The van der Waals surface area contributed by atoms with Crippen LogP contribution < -0.4 is 36.9 Å². The van der Waals surface area contributed by atoms with Crippen LogP contribution in [0.4, 0.5) is 11.9 Å². The molecule has 2 aliphatic heterocycles. The maximum Gasteiger partial charge on any atom is 0.276 e. The van der Waals surface area contributed by atoms with E-state index in [0.717, 1.165) is 0 Å². The van der Waals surface area contributed by atoms with Gasteiger partial charge in [0.2, 0.25) is 29.6 Å². The second kappa shape index (κ2) is 19.5. The van der Waals surface area contributed by atoms with E-state index >= 15 is 0 Å². The fourth-order valence-corrected chi connectivity index (χ4v) is 9.81. The lowest BCUT2D eigenvalue weighted by molar-refractivity contribution is -0.122. The molecule has 68 heavy (non-hydrogen) atoms. The van der Waals surface area contributed by atoms with Gasteiger partial charge in [-0.1, -0.05) is 0 Å². The minimum Gasteiger partial charge on any atom is -0.491 e. The van der Waals surface area contributed by atoms with Gasteiger partial charge < -0.3 is 35.4 Å². The van der Waals surface area contributed by atoms with Gasteiger partial charge in [-0.25, -0.2) is 18.4 Å². The number of fused-ring (bicyclic) bond motifs is 1. The largest absolute Gasteiger partial charge is 0.491 e. The van der Waals surface area contributed by atoms with Gasteiger partial charge in [0, 0.05) is 50.4 Å².